The van der Waals surface area contributed by atoms with E-state index in [4.69, 9.17) is 0 Å². The minimum absolute atomic E-state index is 0.0657. The summed E-state index contributed by atoms with van der Waals surface area (Å²) in [4.78, 5) is 40.9. The zero-order chi connectivity index (χ0) is 21.1. The third-order valence-corrected chi connectivity index (χ3v) is 6.36. The van der Waals surface area contributed by atoms with Gasteiger partial charge in [-0.3, -0.25) is 14.4 Å². The number of carbonyl (C=O) groups is 3. The number of sulfone groups is 1. The predicted molar refractivity (Wildman–Crippen MR) is 99.5 cm³/mol. The van der Waals surface area contributed by atoms with Crippen molar-refractivity contribution in [3.05, 3.63) is 30.1 Å². The molecule has 1 atom stereocenters. The fourth-order valence-electron chi connectivity index (χ4n) is 3.00. The summed E-state index contributed by atoms with van der Waals surface area (Å²) in [6, 6.07) is 3.54. The highest BCUT2D eigenvalue weighted by molar-refractivity contribution is 7.91. The molecule has 0 spiro atoms. The Morgan fingerprint density at radius 2 is 1.75 bits per heavy atom. The number of halogens is 1. The second-order valence-corrected chi connectivity index (χ2v) is 8.93. The Balaban J connectivity index is 2.11. The van der Waals surface area contributed by atoms with Crippen LogP contribution in [-0.2, 0) is 24.2 Å². The lowest BCUT2D eigenvalue weighted by Crippen LogP contribution is -2.61. The smallest absolute Gasteiger partial charge is 0.246 e. The normalized spacial score (nSPS) is 17.4. The number of piperazine rings is 1. The van der Waals surface area contributed by atoms with Crippen LogP contribution in [0.3, 0.4) is 0 Å². The summed E-state index contributed by atoms with van der Waals surface area (Å²) in [5, 5.41) is 0. The van der Waals surface area contributed by atoms with Gasteiger partial charge in [0.05, 0.1) is 17.2 Å². The third-order valence-electron chi connectivity index (χ3n) is 4.63. The quantitative estimate of drug-likeness (QED) is 0.640. The largest absolute Gasteiger partial charge is 0.347 e. The Labute approximate surface area is 163 Å². The Hall–Kier alpha value is -2.49. The number of hydrogen-bond acceptors (Lipinski definition) is 5. The molecule has 0 aliphatic carbocycles. The van der Waals surface area contributed by atoms with Gasteiger partial charge in [0.15, 0.2) is 9.84 Å². The summed E-state index contributed by atoms with van der Waals surface area (Å²) in [7, 11) is -0.659. The van der Waals surface area contributed by atoms with E-state index in [2.05, 4.69) is 0 Å². The second-order valence-electron chi connectivity index (χ2n) is 6.82. The van der Waals surface area contributed by atoms with Crippen molar-refractivity contribution in [1.29, 1.82) is 0 Å². The van der Waals surface area contributed by atoms with Gasteiger partial charge in [-0.1, -0.05) is 0 Å². The molecule has 0 aromatic heterocycles. The van der Waals surface area contributed by atoms with Crippen molar-refractivity contribution in [2.75, 3.05) is 39.5 Å². The highest BCUT2D eigenvalue weighted by atomic mass is 32.2. The van der Waals surface area contributed by atoms with Crippen LogP contribution in [0.5, 0.6) is 0 Å². The Bertz CT molecular complexity index is 854. The lowest BCUT2D eigenvalue weighted by atomic mass is 10.1. The maximum absolute atomic E-state index is 13.0. The number of hydrogen-bond donors (Lipinski definition) is 0. The standard InChI is InChI=1S/C18H24FN3O5S/c1-13(23)21-9-10-22(16(12-21)18(25)20(2)3)17(24)8-11-28(26,27)15-6-4-14(19)5-7-15/h4-7,16H,8-12H2,1-3H3. The first-order chi connectivity index (χ1) is 13.0. The van der Waals surface area contributed by atoms with E-state index in [0.29, 0.717) is 0 Å². The van der Waals surface area contributed by atoms with Gasteiger partial charge in [0.25, 0.3) is 0 Å². The molecule has 2 rings (SSSR count). The molecule has 10 heteroatoms. The molecule has 1 heterocycles. The van der Waals surface area contributed by atoms with E-state index < -0.39 is 33.4 Å². The van der Waals surface area contributed by atoms with Crippen LogP contribution in [0.25, 0.3) is 0 Å². The van der Waals surface area contributed by atoms with E-state index >= 15 is 0 Å². The van der Waals surface area contributed by atoms with Gasteiger partial charge in [-0.2, -0.15) is 0 Å². The minimum atomic E-state index is -3.76. The summed E-state index contributed by atoms with van der Waals surface area (Å²) in [5.41, 5.74) is 0. The Kier molecular flexibility index (Phi) is 6.76. The maximum Gasteiger partial charge on any atom is 0.246 e. The SMILES string of the molecule is CC(=O)N1CCN(C(=O)CCS(=O)(=O)c2ccc(F)cc2)C(C(=O)N(C)C)C1. The zero-order valence-corrected chi connectivity index (χ0v) is 16.9. The van der Waals surface area contributed by atoms with Crippen molar-refractivity contribution < 1.29 is 27.2 Å². The van der Waals surface area contributed by atoms with Crippen molar-refractivity contribution in [2.24, 2.45) is 0 Å². The number of carbonyl (C=O) groups excluding carboxylic acids is 3. The Morgan fingerprint density at radius 3 is 2.29 bits per heavy atom. The van der Waals surface area contributed by atoms with E-state index in [-0.39, 0.29) is 42.8 Å². The van der Waals surface area contributed by atoms with Crippen LogP contribution >= 0.6 is 0 Å². The predicted octanol–water partition coefficient (Wildman–Crippen LogP) is 0.137. The van der Waals surface area contributed by atoms with Crippen molar-refractivity contribution in [2.45, 2.75) is 24.3 Å². The molecule has 3 amide bonds. The van der Waals surface area contributed by atoms with Gasteiger partial charge >= 0.3 is 0 Å². The zero-order valence-electron chi connectivity index (χ0n) is 16.1. The molecule has 1 saturated heterocycles. The molecule has 0 saturated carbocycles. The van der Waals surface area contributed by atoms with E-state index in [1.807, 2.05) is 0 Å². The molecule has 1 aromatic rings. The van der Waals surface area contributed by atoms with E-state index in [1.54, 1.807) is 14.1 Å². The fraction of sp³-hybridized carbons (Fsp3) is 0.500. The van der Waals surface area contributed by atoms with Crippen LogP contribution < -0.4 is 0 Å². The average Bonchev–Trinajstić information content (AvgIpc) is 2.65. The summed E-state index contributed by atoms with van der Waals surface area (Å²) >= 11 is 0. The van der Waals surface area contributed by atoms with Gasteiger partial charge in [0.2, 0.25) is 17.7 Å². The molecule has 0 bridgehead atoms. The molecule has 1 aliphatic heterocycles. The molecule has 0 N–H and O–H groups in total. The van der Waals surface area contributed by atoms with Gasteiger partial charge in [-0.25, -0.2) is 12.8 Å². The molecular formula is C18H24FN3O5S. The van der Waals surface area contributed by atoms with E-state index in [0.717, 1.165) is 24.3 Å². The summed E-state index contributed by atoms with van der Waals surface area (Å²) < 4.78 is 37.7. The van der Waals surface area contributed by atoms with Gasteiger partial charge in [0, 0.05) is 40.5 Å². The van der Waals surface area contributed by atoms with E-state index in [9.17, 15) is 27.2 Å². The number of benzene rings is 1. The molecule has 1 aliphatic rings. The molecule has 1 unspecified atom stereocenters. The highest BCUT2D eigenvalue weighted by Crippen LogP contribution is 2.17. The van der Waals surface area contributed by atoms with Crippen molar-refractivity contribution >= 4 is 27.6 Å². The number of amides is 3. The van der Waals surface area contributed by atoms with Crippen molar-refractivity contribution in [3.8, 4) is 0 Å². The van der Waals surface area contributed by atoms with Crippen molar-refractivity contribution in [3.63, 3.8) is 0 Å². The topological polar surface area (TPSA) is 95.1 Å². The second kappa shape index (κ2) is 8.68. The summed E-state index contributed by atoms with van der Waals surface area (Å²) in [6.07, 6.45) is -0.309. The lowest BCUT2D eigenvalue weighted by Gasteiger charge is -2.41. The van der Waals surface area contributed by atoms with Gasteiger partial charge in [-0.05, 0) is 24.3 Å². The first kappa shape index (κ1) is 21.8. The van der Waals surface area contributed by atoms with Gasteiger partial charge in [-0.15, -0.1) is 0 Å². The summed E-state index contributed by atoms with van der Waals surface area (Å²) in [6.45, 7) is 1.90. The van der Waals surface area contributed by atoms with Crippen LogP contribution in [0.1, 0.15) is 13.3 Å². The molecule has 1 fully saturated rings. The average molecular weight is 413 g/mol. The van der Waals surface area contributed by atoms with E-state index in [1.165, 1.54) is 21.6 Å². The molecule has 8 nitrogen and oxygen atoms in total. The van der Waals surface area contributed by atoms with Gasteiger partial charge in [0.1, 0.15) is 11.9 Å². The van der Waals surface area contributed by atoms with Gasteiger partial charge < -0.3 is 14.7 Å². The molecule has 28 heavy (non-hydrogen) atoms. The summed E-state index contributed by atoms with van der Waals surface area (Å²) in [5.74, 6) is -2.01. The monoisotopic (exact) mass is 413 g/mol. The fourth-order valence-corrected chi connectivity index (χ4v) is 4.23. The first-order valence-corrected chi connectivity index (χ1v) is 10.4. The molecule has 1 aromatic carbocycles. The molecule has 0 radical (unpaired) electrons. The van der Waals surface area contributed by atoms with Crippen molar-refractivity contribution in [1.82, 2.24) is 14.7 Å². The third kappa shape index (κ3) is 5.06. The highest BCUT2D eigenvalue weighted by Gasteiger charge is 2.37. The van der Waals surface area contributed by atoms with Crippen LogP contribution in [0.15, 0.2) is 29.2 Å². The van der Waals surface area contributed by atoms with Crippen LogP contribution in [0, 0.1) is 5.82 Å². The lowest BCUT2D eigenvalue weighted by molar-refractivity contribution is -0.150. The van der Waals surface area contributed by atoms with Crippen LogP contribution in [0.2, 0.25) is 0 Å². The minimum Gasteiger partial charge on any atom is -0.347 e. The first-order valence-electron chi connectivity index (χ1n) is 8.77. The number of nitrogens with zero attached hydrogens (tertiary/aromatic N) is 3. The number of rotatable bonds is 5. The molecular weight excluding hydrogens is 389 g/mol. The maximum atomic E-state index is 13.0. The number of likely N-dealkylation sites (N-methyl/N-ethyl adjacent to an activating group) is 1. The molecule has 154 valence electrons. The Morgan fingerprint density at radius 1 is 1.14 bits per heavy atom. The van der Waals surface area contributed by atoms with Crippen LogP contribution in [-0.4, -0.2) is 86.4 Å². The van der Waals surface area contributed by atoms with Crippen LogP contribution in [0.4, 0.5) is 4.39 Å².